The van der Waals surface area contributed by atoms with Gasteiger partial charge in [0.1, 0.15) is 5.54 Å². The van der Waals surface area contributed by atoms with Gasteiger partial charge in [-0.2, -0.15) is 5.26 Å². The Labute approximate surface area is 125 Å². The van der Waals surface area contributed by atoms with Crippen LogP contribution in [0.2, 0.25) is 0 Å². The molecule has 2 unspecified atom stereocenters. The summed E-state index contributed by atoms with van der Waals surface area (Å²) in [5.41, 5.74) is 4.42. The third-order valence-corrected chi connectivity index (χ3v) is 5.00. The van der Waals surface area contributed by atoms with Crippen LogP contribution in [0.25, 0.3) is 11.0 Å². The van der Waals surface area contributed by atoms with E-state index in [0.717, 1.165) is 31.2 Å². The predicted octanol–water partition coefficient (Wildman–Crippen LogP) is 3.25. The van der Waals surface area contributed by atoms with Gasteiger partial charge in [-0.25, -0.2) is 4.98 Å². The number of nitrogens with one attached hydrogen (secondary N) is 1. The fraction of sp³-hybridized carbons (Fsp3) is 0.529. The van der Waals surface area contributed by atoms with Gasteiger partial charge in [-0.15, -0.1) is 0 Å². The van der Waals surface area contributed by atoms with Gasteiger partial charge in [0, 0.05) is 6.04 Å². The largest absolute Gasteiger partial charge is 0.327 e. The molecule has 1 aromatic heterocycles. The zero-order chi connectivity index (χ0) is 15.0. The van der Waals surface area contributed by atoms with Crippen LogP contribution >= 0.6 is 0 Å². The van der Waals surface area contributed by atoms with Crippen LogP contribution in [0.1, 0.15) is 42.9 Å². The first-order valence-electron chi connectivity index (χ1n) is 7.62. The summed E-state index contributed by atoms with van der Waals surface area (Å²) < 4.78 is 2.27. The van der Waals surface area contributed by atoms with Crippen LogP contribution in [0.4, 0.5) is 0 Å². The predicted molar refractivity (Wildman–Crippen MR) is 84.1 cm³/mol. The quantitative estimate of drug-likeness (QED) is 0.920. The lowest BCUT2D eigenvalue weighted by atomic mass is 9.80. The minimum atomic E-state index is -0.390. The van der Waals surface area contributed by atoms with Crippen molar-refractivity contribution in [2.45, 2.75) is 51.1 Å². The van der Waals surface area contributed by atoms with Crippen molar-refractivity contribution in [3.8, 4) is 6.07 Å². The van der Waals surface area contributed by atoms with Crippen molar-refractivity contribution >= 4 is 11.0 Å². The second-order valence-electron chi connectivity index (χ2n) is 6.27. The van der Waals surface area contributed by atoms with Crippen molar-refractivity contribution in [2.24, 2.45) is 0 Å². The topological polar surface area (TPSA) is 53.6 Å². The summed E-state index contributed by atoms with van der Waals surface area (Å²) in [6.45, 7) is 4.26. The van der Waals surface area contributed by atoms with Gasteiger partial charge in [-0.1, -0.05) is 0 Å². The highest BCUT2D eigenvalue weighted by molar-refractivity contribution is 5.77. The smallest absolute Gasteiger partial charge is 0.108 e. The second kappa shape index (κ2) is 5.16. The summed E-state index contributed by atoms with van der Waals surface area (Å²) in [4.78, 5) is 4.55. The van der Waals surface area contributed by atoms with Crippen LogP contribution in [-0.4, -0.2) is 22.1 Å². The van der Waals surface area contributed by atoms with E-state index in [1.165, 1.54) is 16.6 Å². The van der Waals surface area contributed by atoms with Gasteiger partial charge in [0.25, 0.3) is 0 Å². The summed E-state index contributed by atoms with van der Waals surface area (Å²) in [6.07, 6.45) is 5.91. The number of hydrogen-bond acceptors (Lipinski definition) is 3. The monoisotopic (exact) mass is 282 g/mol. The number of aryl methyl sites for hydroxylation is 2. The molecule has 0 amide bonds. The normalized spacial score (nSPS) is 25.9. The molecule has 4 nitrogen and oxygen atoms in total. The first-order valence-corrected chi connectivity index (χ1v) is 7.62. The van der Waals surface area contributed by atoms with E-state index in [2.05, 4.69) is 46.9 Å². The Morgan fingerprint density at radius 3 is 2.86 bits per heavy atom. The molecule has 0 spiro atoms. The van der Waals surface area contributed by atoms with E-state index in [1.807, 2.05) is 13.4 Å². The van der Waals surface area contributed by atoms with Crippen LogP contribution < -0.4 is 5.32 Å². The lowest BCUT2D eigenvalue weighted by molar-refractivity contribution is 0.244. The molecule has 0 bridgehead atoms. The average Bonchev–Trinajstić information content (AvgIpc) is 2.90. The van der Waals surface area contributed by atoms with Gasteiger partial charge in [-0.05, 0) is 69.8 Å². The molecule has 0 aliphatic heterocycles. The Hall–Kier alpha value is -1.86. The number of nitriles is 1. The van der Waals surface area contributed by atoms with Gasteiger partial charge < -0.3 is 9.88 Å². The van der Waals surface area contributed by atoms with Crippen LogP contribution in [-0.2, 0) is 0 Å². The molecule has 1 heterocycles. The molecule has 3 rings (SSSR count). The minimum absolute atomic E-state index is 0.345. The van der Waals surface area contributed by atoms with Gasteiger partial charge in [0.15, 0.2) is 0 Å². The number of fused-ring (bicyclic) bond motifs is 1. The summed E-state index contributed by atoms with van der Waals surface area (Å²) in [6, 6.07) is 7.20. The second-order valence-corrected chi connectivity index (χ2v) is 6.27. The van der Waals surface area contributed by atoms with Crippen LogP contribution in [0.15, 0.2) is 18.5 Å². The molecule has 2 aromatic rings. The zero-order valence-corrected chi connectivity index (χ0v) is 13.0. The molecule has 0 radical (unpaired) electrons. The van der Waals surface area contributed by atoms with Crippen molar-refractivity contribution in [1.82, 2.24) is 14.9 Å². The fourth-order valence-electron chi connectivity index (χ4n) is 3.44. The standard InChI is InChI=1S/C17H22N4/c1-12-7-15-16(8-13(12)2)21(11-20-15)14-5-4-6-17(9-14,10-18)19-3/h7-8,11,14,19H,4-6,9H2,1-3H3. The molecular weight excluding hydrogens is 260 g/mol. The summed E-state index contributed by atoms with van der Waals surface area (Å²) in [5.74, 6) is 0. The van der Waals surface area contributed by atoms with Crippen molar-refractivity contribution in [3.05, 3.63) is 29.6 Å². The van der Waals surface area contributed by atoms with Crippen molar-refractivity contribution in [1.29, 1.82) is 5.26 Å². The molecule has 21 heavy (non-hydrogen) atoms. The molecule has 4 heteroatoms. The third kappa shape index (κ3) is 2.32. The average molecular weight is 282 g/mol. The van der Waals surface area contributed by atoms with E-state index in [0.29, 0.717) is 6.04 Å². The van der Waals surface area contributed by atoms with Crippen molar-refractivity contribution < 1.29 is 0 Å². The molecular formula is C17H22N4. The van der Waals surface area contributed by atoms with Gasteiger partial charge in [-0.3, -0.25) is 0 Å². The maximum absolute atomic E-state index is 9.51. The number of hydrogen-bond donors (Lipinski definition) is 1. The molecule has 1 saturated carbocycles. The molecule has 2 atom stereocenters. The van der Waals surface area contributed by atoms with Crippen LogP contribution in [0.5, 0.6) is 0 Å². The lowest BCUT2D eigenvalue weighted by Gasteiger charge is -2.36. The van der Waals surface area contributed by atoms with Crippen LogP contribution in [0, 0.1) is 25.2 Å². The molecule has 110 valence electrons. The summed E-state index contributed by atoms with van der Waals surface area (Å²) >= 11 is 0. The van der Waals surface area contributed by atoms with E-state index >= 15 is 0 Å². The Balaban J connectivity index is 2.01. The van der Waals surface area contributed by atoms with Gasteiger partial charge in [0.2, 0.25) is 0 Å². The Kier molecular flexibility index (Phi) is 3.46. The highest BCUT2D eigenvalue weighted by atomic mass is 15.1. The molecule has 0 saturated heterocycles. The number of nitrogens with zero attached hydrogens (tertiary/aromatic N) is 3. The summed E-state index contributed by atoms with van der Waals surface area (Å²) in [7, 11) is 1.89. The lowest BCUT2D eigenvalue weighted by Crippen LogP contribution is -2.45. The zero-order valence-electron chi connectivity index (χ0n) is 13.0. The van der Waals surface area contributed by atoms with E-state index in [9.17, 15) is 5.26 Å². The Bertz CT molecular complexity index is 709. The Morgan fingerprint density at radius 1 is 1.38 bits per heavy atom. The van der Waals surface area contributed by atoms with E-state index in [1.54, 1.807) is 0 Å². The number of rotatable bonds is 2. The molecule has 1 aliphatic carbocycles. The minimum Gasteiger partial charge on any atom is -0.327 e. The van der Waals surface area contributed by atoms with E-state index in [4.69, 9.17) is 0 Å². The third-order valence-electron chi connectivity index (χ3n) is 5.00. The van der Waals surface area contributed by atoms with Gasteiger partial charge >= 0.3 is 0 Å². The first-order chi connectivity index (χ1) is 10.1. The SMILES string of the molecule is CNC1(C#N)CCCC(n2cnc3cc(C)c(C)cc32)C1. The number of benzene rings is 1. The van der Waals surface area contributed by atoms with Crippen molar-refractivity contribution in [3.63, 3.8) is 0 Å². The highest BCUT2D eigenvalue weighted by Crippen LogP contribution is 2.36. The maximum atomic E-state index is 9.51. The first kappa shape index (κ1) is 14.1. The summed E-state index contributed by atoms with van der Waals surface area (Å²) in [5, 5.41) is 12.7. The van der Waals surface area contributed by atoms with Crippen LogP contribution in [0.3, 0.4) is 0 Å². The van der Waals surface area contributed by atoms with E-state index < -0.39 is 0 Å². The molecule has 1 N–H and O–H groups in total. The van der Waals surface area contributed by atoms with E-state index in [-0.39, 0.29) is 5.54 Å². The maximum Gasteiger partial charge on any atom is 0.108 e. The van der Waals surface area contributed by atoms with Gasteiger partial charge in [0.05, 0.1) is 23.4 Å². The molecule has 1 aromatic carbocycles. The highest BCUT2D eigenvalue weighted by Gasteiger charge is 2.36. The Morgan fingerprint density at radius 2 is 2.14 bits per heavy atom. The molecule has 1 aliphatic rings. The molecule has 1 fully saturated rings. The number of aromatic nitrogens is 2. The van der Waals surface area contributed by atoms with Crippen molar-refractivity contribution in [2.75, 3.05) is 7.05 Å². The fourth-order valence-corrected chi connectivity index (χ4v) is 3.44. The number of imidazole rings is 1.